The van der Waals surface area contributed by atoms with Crippen LogP contribution in [0.3, 0.4) is 0 Å². The van der Waals surface area contributed by atoms with Gasteiger partial charge >= 0.3 is 5.97 Å². The van der Waals surface area contributed by atoms with E-state index in [4.69, 9.17) is 0 Å². The Bertz CT molecular complexity index is 1050. The van der Waals surface area contributed by atoms with E-state index in [1.165, 1.54) is 6.20 Å². The average Bonchev–Trinajstić information content (AvgIpc) is 3.59. The molecule has 1 aromatic heterocycles. The lowest BCUT2D eigenvalue weighted by Gasteiger charge is -2.21. The predicted octanol–water partition coefficient (Wildman–Crippen LogP) is 2.70. The molecule has 2 atom stereocenters. The van der Waals surface area contributed by atoms with Crippen molar-refractivity contribution in [2.45, 2.75) is 43.9 Å². The summed E-state index contributed by atoms with van der Waals surface area (Å²) in [5, 5.41) is 12.7. The Morgan fingerprint density at radius 3 is 2.62 bits per heavy atom. The number of benzene rings is 1. The molecule has 2 aliphatic carbocycles. The van der Waals surface area contributed by atoms with Gasteiger partial charge in [0.05, 0.1) is 11.2 Å². The van der Waals surface area contributed by atoms with Crippen molar-refractivity contribution in [3.63, 3.8) is 0 Å². The Hall–Kier alpha value is -2.48. The van der Waals surface area contributed by atoms with Crippen LogP contribution in [0.4, 0.5) is 14.5 Å². The van der Waals surface area contributed by atoms with E-state index in [1.54, 1.807) is 15.5 Å². The highest BCUT2D eigenvalue weighted by Crippen LogP contribution is 2.38. The van der Waals surface area contributed by atoms with Crippen molar-refractivity contribution < 1.29 is 18.7 Å². The van der Waals surface area contributed by atoms with Gasteiger partial charge in [-0.25, -0.2) is 13.6 Å². The number of carbonyl (C=O) groups is 1. The Labute approximate surface area is 166 Å². The lowest BCUT2D eigenvalue weighted by atomic mass is 10.1. The van der Waals surface area contributed by atoms with Crippen molar-refractivity contribution in [2.75, 3.05) is 24.5 Å². The summed E-state index contributed by atoms with van der Waals surface area (Å²) in [5.74, 6) is -2.14. The minimum atomic E-state index is -1.32. The number of rotatable bonds is 6. The number of nitrogens with zero attached hydrogens (tertiary/aromatic N) is 2. The van der Waals surface area contributed by atoms with Crippen molar-refractivity contribution in [1.82, 2.24) is 9.88 Å². The first-order valence-electron chi connectivity index (χ1n) is 10.2. The van der Waals surface area contributed by atoms with Crippen molar-refractivity contribution >= 4 is 22.6 Å². The number of halogens is 2. The summed E-state index contributed by atoms with van der Waals surface area (Å²) in [7, 11) is 0. The van der Waals surface area contributed by atoms with Gasteiger partial charge in [0.1, 0.15) is 17.6 Å². The minimum Gasteiger partial charge on any atom is -0.477 e. The lowest BCUT2D eigenvalue weighted by molar-refractivity contribution is 0.0695. The molecule has 5 rings (SSSR count). The molecule has 3 aliphatic rings. The Morgan fingerprint density at radius 1 is 1.21 bits per heavy atom. The second kappa shape index (κ2) is 6.79. The summed E-state index contributed by atoms with van der Waals surface area (Å²) in [6, 6.07) is 3.29. The van der Waals surface area contributed by atoms with Crippen LogP contribution >= 0.6 is 0 Å². The number of carboxylic acid groups (broad SMARTS) is 1. The lowest BCUT2D eigenvalue weighted by Crippen LogP contribution is -2.30. The standard InChI is InChI=1S/C21H23F2N3O3/c22-16-5-14-18(26(13-3-4-13)9-15(20(14)27)21(28)29)6-19(16)25-8-11(17(23)10-25)7-24-12-1-2-12/h5-6,9,11-13,17,24H,1-4,7-8,10H2,(H,28,29)/t11-,17-/m1/s1. The maximum absolute atomic E-state index is 14.9. The number of pyridine rings is 1. The van der Waals surface area contributed by atoms with Gasteiger partial charge in [0.25, 0.3) is 0 Å². The smallest absolute Gasteiger partial charge is 0.341 e. The maximum atomic E-state index is 14.9. The molecule has 1 aliphatic heterocycles. The first-order valence-corrected chi connectivity index (χ1v) is 10.2. The molecule has 154 valence electrons. The molecular formula is C21H23F2N3O3. The summed E-state index contributed by atoms with van der Waals surface area (Å²) < 4.78 is 31.2. The second-order valence-electron chi connectivity index (χ2n) is 8.50. The van der Waals surface area contributed by atoms with Gasteiger partial charge in [0.2, 0.25) is 5.43 Å². The highest BCUT2D eigenvalue weighted by molar-refractivity contribution is 5.93. The molecular weight excluding hydrogens is 380 g/mol. The molecule has 0 radical (unpaired) electrons. The Kier molecular flexibility index (Phi) is 4.34. The number of anilines is 1. The van der Waals surface area contributed by atoms with E-state index in [0.29, 0.717) is 24.6 Å². The van der Waals surface area contributed by atoms with Gasteiger partial charge in [-0.15, -0.1) is 0 Å². The SMILES string of the molecule is O=C(O)c1cn(C2CC2)c2cc(N3C[C@@H](CNC4CC4)[C@H](F)C3)c(F)cc2c1=O. The number of hydrogen-bond acceptors (Lipinski definition) is 4. The molecule has 8 heteroatoms. The van der Waals surface area contributed by atoms with Crippen LogP contribution in [0.15, 0.2) is 23.1 Å². The van der Waals surface area contributed by atoms with Crippen LogP contribution in [0.5, 0.6) is 0 Å². The van der Waals surface area contributed by atoms with E-state index in [9.17, 15) is 23.5 Å². The number of aromatic carboxylic acids is 1. The molecule has 0 unspecified atom stereocenters. The third-order valence-electron chi connectivity index (χ3n) is 6.22. The molecule has 1 aromatic carbocycles. The summed E-state index contributed by atoms with van der Waals surface area (Å²) in [6.07, 6.45) is 4.34. The first kappa shape index (κ1) is 18.5. The van der Waals surface area contributed by atoms with Gasteiger partial charge in [0, 0.05) is 49.2 Å². The highest BCUT2D eigenvalue weighted by Gasteiger charge is 2.36. The number of fused-ring (bicyclic) bond motifs is 1. The topological polar surface area (TPSA) is 74.6 Å². The molecule has 3 fully saturated rings. The number of carboxylic acids is 1. The van der Waals surface area contributed by atoms with Gasteiger partial charge in [-0.05, 0) is 37.8 Å². The molecule has 0 spiro atoms. The molecule has 2 aromatic rings. The van der Waals surface area contributed by atoms with Crippen molar-refractivity contribution in [2.24, 2.45) is 5.92 Å². The van der Waals surface area contributed by atoms with Crippen molar-refractivity contribution in [1.29, 1.82) is 0 Å². The largest absolute Gasteiger partial charge is 0.477 e. The van der Waals surface area contributed by atoms with E-state index < -0.39 is 23.4 Å². The van der Waals surface area contributed by atoms with Crippen LogP contribution in [0.25, 0.3) is 10.9 Å². The predicted molar refractivity (Wildman–Crippen MR) is 105 cm³/mol. The van der Waals surface area contributed by atoms with Gasteiger partial charge < -0.3 is 19.9 Å². The van der Waals surface area contributed by atoms with Crippen molar-refractivity contribution in [3.8, 4) is 0 Å². The third-order valence-corrected chi connectivity index (χ3v) is 6.22. The molecule has 6 nitrogen and oxygen atoms in total. The summed E-state index contributed by atoms with van der Waals surface area (Å²) in [6.45, 7) is 1.09. The fraction of sp³-hybridized carbons (Fsp3) is 0.524. The summed E-state index contributed by atoms with van der Waals surface area (Å²) in [4.78, 5) is 25.7. The molecule has 2 N–H and O–H groups in total. The Morgan fingerprint density at radius 2 is 1.97 bits per heavy atom. The minimum absolute atomic E-state index is 0.0565. The highest BCUT2D eigenvalue weighted by atomic mass is 19.1. The summed E-state index contributed by atoms with van der Waals surface area (Å²) >= 11 is 0. The average molecular weight is 403 g/mol. The van der Waals surface area contributed by atoms with Gasteiger partial charge in [-0.3, -0.25) is 4.79 Å². The third kappa shape index (κ3) is 3.39. The summed E-state index contributed by atoms with van der Waals surface area (Å²) in [5.41, 5.74) is -0.265. The quantitative estimate of drug-likeness (QED) is 0.776. The number of hydrogen-bond donors (Lipinski definition) is 2. The van der Waals surface area contributed by atoms with Crippen LogP contribution < -0.4 is 15.6 Å². The fourth-order valence-corrected chi connectivity index (χ4v) is 4.23. The van der Waals surface area contributed by atoms with E-state index in [2.05, 4.69) is 5.32 Å². The fourth-order valence-electron chi connectivity index (χ4n) is 4.23. The van der Waals surface area contributed by atoms with E-state index in [0.717, 1.165) is 31.7 Å². The maximum Gasteiger partial charge on any atom is 0.341 e. The molecule has 0 bridgehead atoms. The monoisotopic (exact) mass is 403 g/mol. The zero-order valence-corrected chi connectivity index (χ0v) is 15.9. The number of alkyl halides is 1. The van der Waals surface area contributed by atoms with Crippen LogP contribution in [0.2, 0.25) is 0 Å². The van der Waals surface area contributed by atoms with Crippen LogP contribution in [0, 0.1) is 11.7 Å². The van der Waals surface area contributed by atoms with E-state index in [-0.39, 0.29) is 35.1 Å². The second-order valence-corrected chi connectivity index (χ2v) is 8.50. The zero-order chi connectivity index (χ0) is 20.3. The van der Waals surface area contributed by atoms with E-state index >= 15 is 0 Å². The number of aromatic nitrogens is 1. The number of nitrogens with one attached hydrogen (secondary N) is 1. The van der Waals surface area contributed by atoms with Crippen LogP contribution in [0.1, 0.15) is 42.1 Å². The van der Waals surface area contributed by atoms with Gasteiger partial charge in [-0.1, -0.05) is 0 Å². The van der Waals surface area contributed by atoms with Gasteiger partial charge in [-0.2, -0.15) is 0 Å². The normalized spacial score (nSPS) is 24.4. The zero-order valence-electron chi connectivity index (χ0n) is 15.9. The Balaban J connectivity index is 1.52. The molecule has 0 amide bonds. The van der Waals surface area contributed by atoms with Gasteiger partial charge in [0.15, 0.2) is 0 Å². The molecule has 2 saturated carbocycles. The van der Waals surface area contributed by atoms with Crippen molar-refractivity contribution in [3.05, 3.63) is 39.9 Å². The van der Waals surface area contributed by atoms with Crippen LogP contribution in [-0.4, -0.2) is 47.5 Å². The first-order chi connectivity index (χ1) is 13.9. The molecule has 29 heavy (non-hydrogen) atoms. The van der Waals surface area contributed by atoms with Crippen LogP contribution in [-0.2, 0) is 0 Å². The van der Waals surface area contributed by atoms with E-state index in [1.807, 2.05) is 0 Å². The molecule has 1 saturated heterocycles. The molecule has 2 heterocycles.